The Hall–Kier alpha value is -3.00. The molecule has 29 heavy (non-hydrogen) atoms. The quantitative estimate of drug-likeness (QED) is 0.752. The van der Waals surface area contributed by atoms with Gasteiger partial charge in [0.05, 0.1) is 19.7 Å². The van der Waals surface area contributed by atoms with E-state index in [2.05, 4.69) is 15.2 Å². The molecule has 2 aliphatic rings. The van der Waals surface area contributed by atoms with Gasteiger partial charge in [-0.3, -0.25) is 24.3 Å². The van der Waals surface area contributed by atoms with E-state index >= 15 is 0 Å². The molecule has 1 amide bonds. The molecule has 4 rings (SSSR count). The molecule has 1 saturated heterocycles. The van der Waals surface area contributed by atoms with Crippen LogP contribution in [-0.4, -0.2) is 59.6 Å². The van der Waals surface area contributed by atoms with Gasteiger partial charge in [-0.05, 0) is 30.5 Å². The van der Waals surface area contributed by atoms with Crippen molar-refractivity contribution in [3.63, 3.8) is 0 Å². The molecule has 0 spiro atoms. The van der Waals surface area contributed by atoms with Gasteiger partial charge in [-0.25, -0.2) is 0 Å². The fraction of sp³-hybridized carbons (Fsp3) is 0.429. The van der Waals surface area contributed by atoms with Gasteiger partial charge in [-0.15, -0.1) is 0 Å². The minimum atomic E-state index is -0.268. The van der Waals surface area contributed by atoms with Crippen molar-refractivity contribution >= 4 is 11.9 Å². The molecule has 2 aromatic heterocycles. The van der Waals surface area contributed by atoms with Gasteiger partial charge >= 0.3 is 5.97 Å². The number of nitrogens with one attached hydrogen (secondary N) is 1. The average Bonchev–Trinajstić information content (AvgIpc) is 2.74. The van der Waals surface area contributed by atoms with Gasteiger partial charge in [0.15, 0.2) is 0 Å². The molecular weight excluding hydrogens is 372 g/mol. The molecular formula is C21H24N4O4. The molecule has 152 valence electrons. The van der Waals surface area contributed by atoms with E-state index in [0.717, 1.165) is 12.1 Å². The minimum Gasteiger partial charge on any atom is -0.468 e. The SMILES string of the molecule is COC(=O)CN1C[C@H]2C[C@@H](C1)[C@H](CNC(=O)c1ccccn1)n1c2cccc1=O. The first-order valence-electron chi connectivity index (χ1n) is 9.76. The van der Waals surface area contributed by atoms with Crippen LogP contribution in [0.15, 0.2) is 47.4 Å². The Bertz CT molecular complexity index is 959. The fourth-order valence-corrected chi connectivity index (χ4v) is 4.56. The number of hydrogen-bond acceptors (Lipinski definition) is 6. The van der Waals surface area contributed by atoms with Crippen LogP contribution in [0.2, 0.25) is 0 Å². The van der Waals surface area contributed by atoms with Crippen LogP contribution in [-0.2, 0) is 9.53 Å². The largest absolute Gasteiger partial charge is 0.468 e. The second-order valence-electron chi connectivity index (χ2n) is 7.61. The van der Waals surface area contributed by atoms with Crippen LogP contribution < -0.4 is 10.9 Å². The summed E-state index contributed by atoms with van der Waals surface area (Å²) in [6, 6.07) is 10.3. The Balaban J connectivity index is 1.58. The lowest BCUT2D eigenvalue weighted by Gasteiger charge is -2.46. The second kappa shape index (κ2) is 8.16. The Morgan fingerprint density at radius 2 is 2.07 bits per heavy atom. The molecule has 8 heteroatoms. The van der Waals surface area contributed by atoms with Crippen molar-refractivity contribution in [2.45, 2.75) is 18.4 Å². The summed E-state index contributed by atoms with van der Waals surface area (Å²) in [5.41, 5.74) is 1.24. The highest BCUT2D eigenvalue weighted by Gasteiger charge is 2.41. The first kappa shape index (κ1) is 19.3. The van der Waals surface area contributed by atoms with E-state index in [0.29, 0.717) is 25.3 Å². The van der Waals surface area contributed by atoms with Crippen molar-refractivity contribution in [2.24, 2.45) is 5.92 Å². The number of fused-ring (bicyclic) bond motifs is 4. The van der Waals surface area contributed by atoms with Crippen molar-refractivity contribution in [3.8, 4) is 0 Å². The molecule has 1 fully saturated rings. The van der Waals surface area contributed by atoms with E-state index in [9.17, 15) is 14.4 Å². The molecule has 1 N–H and O–H groups in total. The number of pyridine rings is 2. The molecule has 2 bridgehead atoms. The predicted molar refractivity (Wildman–Crippen MR) is 106 cm³/mol. The van der Waals surface area contributed by atoms with Crippen LogP contribution in [0.25, 0.3) is 0 Å². The van der Waals surface area contributed by atoms with Crippen molar-refractivity contribution in [1.82, 2.24) is 19.8 Å². The normalized spacial score (nSPS) is 23.1. The van der Waals surface area contributed by atoms with Crippen LogP contribution in [0.4, 0.5) is 0 Å². The Kier molecular flexibility index (Phi) is 5.44. The molecule has 4 heterocycles. The number of rotatable bonds is 5. The summed E-state index contributed by atoms with van der Waals surface area (Å²) in [6.07, 6.45) is 2.50. The maximum Gasteiger partial charge on any atom is 0.319 e. The predicted octanol–water partition coefficient (Wildman–Crippen LogP) is 0.806. The Labute approximate surface area is 168 Å². The lowest BCUT2D eigenvalue weighted by Crippen LogP contribution is -2.52. The zero-order chi connectivity index (χ0) is 20.4. The summed E-state index contributed by atoms with van der Waals surface area (Å²) < 4.78 is 6.65. The fourth-order valence-electron chi connectivity index (χ4n) is 4.56. The van der Waals surface area contributed by atoms with Crippen molar-refractivity contribution in [2.75, 3.05) is 33.3 Å². The van der Waals surface area contributed by atoms with Crippen LogP contribution in [0.3, 0.4) is 0 Å². The third kappa shape index (κ3) is 3.93. The summed E-state index contributed by atoms with van der Waals surface area (Å²) in [6.45, 7) is 1.95. The number of aromatic nitrogens is 2. The molecule has 0 radical (unpaired) electrons. The average molecular weight is 396 g/mol. The Morgan fingerprint density at radius 1 is 1.21 bits per heavy atom. The topological polar surface area (TPSA) is 93.5 Å². The van der Waals surface area contributed by atoms with E-state index in [1.165, 1.54) is 7.11 Å². The molecule has 3 atom stereocenters. The van der Waals surface area contributed by atoms with Crippen molar-refractivity contribution < 1.29 is 14.3 Å². The summed E-state index contributed by atoms with van der Waals surface area (Å²) in [7, 11) is 1.39. The second-order valence-corrected chi connectivity index (χ2v) is 7.61. The standard InChI is InChI=1S/C21H24N4O4/c1-29-20(27)13-24-11-14-9-15(12-24)18(25-17(14)6-4-7-19(25)26)10-23-21(28)16-5-2-3-8-22-16/h2-8,14-15,18H,9-13H2,1H3,(H,23,28)/t14-,15+,18+/m1/s1. The van der Waals surface area contributed by atoms with Crippen LogP contribution in [0.1, 0.15) is 34.6 Å². The van der Waals surface area contributed by atoms with E-state index in [4.69, 9.17) is 4.74 Å². The zero-order valence-corrected chi connectivity index (χ0v) is 16.3. The lowest BCUT2D eigenvalue weighted by atomic mass is 9.78. The maximum absolute atomic E-state index is 12.7. The number of carbonyl (C=O) groups is 2. The van der Waals surface area contributed by atoms with E-state index in [1.54, 1.807) is 36.5 Å². The number of ether oxygens (including phenoxy) is 1. The molecule has 2 aromatic rings. The summed E-state index contributed by atoms with van der Waals surface area (Å²) in [5.74, 6) is -0.207. The van der Waals surface area contributed by atoms with Gasteiger partial charge in [0.1, 0.15) is 5.69 Å². The van der Waals surface area contributed by atoms with E-state index in [-0.39, 0.29) is 41.9 Å². The van der Waals surface area contributed by atoms with Gasteiger partial charge in [0.2, 0.25) is 0 Å². The van der Waals surface area contributed by atoms with Crippen molar-refractivity contribution in [3.05, 3.63) is 64.3 Å². The smallest absolute Gasteiger partial charge is 0.319 e. The van der Waals surface area contributed by atoms with Crippen LogP contribution in [0.5, 0.6) is 0 Å². The number of hydrogen-bond donors (Lipinski definition) is 1. The first-order chi connectivity index (χ1) is 14.1. The number of carbonyl (C=O) groups excluding carboxylic acids is 2. The minimum absolute atomic E-state index is 0.0595. The number of nitrogens with zero attached hydrogens (tertiary/aromatic N) is 3. The molecule has 0 saturated carbocycles. The highest BCUT2D eigenvalue weighted by atomic mass is 16.5. The van der Waals surface area contributed by atoms with Crippen molar-refractivity contribution in [1.29, 1.82) is 0 Å². The molecule has 0 aromatic carbocycles. The molecule has 0 aliphatic carbocycles. The Morgan fingerprint density at radius 3 is 2.83 bits per heavy atom. The number of amides is 1. The van der Waals surface area contributed by atoms with Gasteiger partial charge in [0.25, 0.3) is 11.5 Å². The van der Waals surface area contributed by atoms with E-state index in [1.807, 2.05) is 10.6 Å². The van der Waals surface area contributed by atoms with Gasteiger partial charge in [-0.2, -0.15) is 0 Å². The first-order valence-corrected chi connectivity index (χ1v) is 9.76. The third-order valence-corrected chi connectivity index (χ3v) is 5.82. The highest BCUT2D eigenvalue weighted by molar-refractivity contribution is 5.92. The summed E-state index contributed by atoms with van der Waals surface area (Å²) >= 11 is 0. The van der Waals surface area contributed by atoms with Crippen LogP contribution >= 0.6 is 0 Å². The third-order valence-electron chi connectivity index (χ3n) is 5.82. The maximum atomic E-state index is 12.7. The lowest BCUT2D eigenvalue weighted by molar-refractivity contribution is -0.142. The molecule has 0 unspecified atom stereocenters. The monoisotopic (exact) mass is 396 g/mol. The number of likely N-dealkylation sites (tertiary alicyclic amines) is 1. The van der Waals surface area contributed by atoms with Gasteiger partial charge in [0, 0.05) is 43.5 Å². The number of methoxy groups -OCH3 is 1. The summed E-state index contributed by atoms with van der Waals surface area (Å²) in [5, 5.41) is 2.94. The number of piperidine rings is 1. The number of esters is 1. The van der Waals surface area contributed by atoms with Gasteiger partial charge < -0.3 is 14.6 Å². The zero-order valence-electron chi connectivity index (χ0n) is 16.3. The molecule has 8 nitrogen and oxygen atoms in total. The van der Waals surface area contributed by atoms with Gasteiger partial charge in [-0.1, -0.05) is 12.1 Å². The summed E-state index contributed by atoms with van der Waals surface area (Å²) in [4.78, 5) is 43.1. The highest BCUT2D eigenvalue weighted by Crippen LogP contribution is 2.40. The van der Waals surface area contributed by atoms with Crippen LogP contribution in [0, 0.1) is 5.92 Å². The van der Waals surface area contributed by atoms with E-state index < -0.39 is 0 Å². The molecule has 2 aliphatic heterocycles.